The highest BCUT2D eigenvalue weighted by molar-refractivity contribution is 5.70. The molecule has 2 heterocycles. The predicted octanol–water partition coefficient (Wildman–Crippen LogP) is 2.27. The largest absolute Gasteiger partial charge is 0.511 e. The molecule has 2 unspecified atom stereocenters. The summed E-state index contributed by atoms with van der Waals surface area (Å²) in [5.41, 5.74) is -1.43. The Kier molecular flexibility index (Phi) is 3.55. The van der Waals surface area contributed by atoms with Crippen molar-refractivity contribution in [1.29, 1.82) is 0 Å². The Morgan fingerprint density at radius 2 is 2.20 bits per heavy atom. The Bertz CT molecular complexity index is 484. The number of carbonyl (C=O) groups excluding carboxylic acids is 2. The molecule has 2 rings (SSSR count). The number of rotatable bonds is 0. The summed E-state index contributed by atoms with van der Waals surface area (Å²) < 4.78 is 15.6. The molecule has 2 aliphatic rings. The topological polar surface area (TPSA) is 65.1 Å². The van der Waals surface area contributed by atoms with Gasteiger partial charge < -0.3 is 14.2 Å². The Morgan fingerprint density at radius 1 is 1.50 bits per heavy atom. The van der Waals surface area contributed by atoms with E-state index in [-0.39, 0.29) is 0 Å². The zero-order valence-corrected chi connectivity index (χ0v) is 12.2. The van der Waals surface area contributed by atoms with Crippen LogP contribution in [0.2, 0.25) is 0 Å². The van der Waals surface area contributed by atoms with Crippen LogP contribution < -0.4 is 0 Å². The van der Waals surface area contributed by atoms with E-state index in [0.717, 1.165) is 0 Å². The van der Waals surface area contributed by atoms with E-state index in [1.807, 2.05) is 0 Å². The minimum atomic E-state index is -0.840. The van der Waals surface area contributed by atoms with Crippen LogP contribution in [0.1, 0.15) is 40.5 Å². The molecule has 0 aromatic rings. The molecule has 2 saturated heterocycles. The fourth-order valence-corrected chi connectivity index (χ4v) is 2.33. The molecular formula is C14H19NO5. The van der Waals surface area contributed by atoms with E-state index < -0.39 is 29.7 Å². The summed E-state index contributed by atoms with van der Waals surface area (Å²) in [6.45, 7) is 7.43. The molecule has 20 heavy (non-hydrogen) atoms. The number of likely N-dealkylation sites (tertiary alicyclic amines) is 1. The lowest BCUT2D eigenvalue weighted by Crippen LogP contribution is -2.59. The second-order valence-corrected chi connectivity index (χ2v) is 5.92. The van der Waals surface area contributed by atoms with Crippen molar-refractivity contribution in [2.24, 2.45) is 0 Å². The molecule has 0 N–H and O–H groups in total. The van der Waals surface area contributed by atoms with Crippen LogP contribution in [0.25, 0.3) is 0 Å². The lowest BCUT2D eigenvalue weighted by atomic mass is 9.90. The lowest BCUT2D eigenvalue weighted by Gasteiger charge is -2.45. The van der Waals surface area contributed by atoms with Gasteiger partial charge in [-0.3, -0.25) is 4.90 Å². The quantitative estimate of drug-likeness (QED) is 0.503. The van der Waals surface area contributed by atoms with Crippen LogP contribution in [-0.4, -0.2) is 41.1 Å². The average Bonchev–Trinajstić information content (AvgIpc) is 2.25. The van der Waals surface area contributed by atoms with Crippen LogP contribution in [0.15, 0.2) is 0 Å². The van der Waals surface area contributed by atoms with Gasteiger partial charge in [-0.15, -0.1) is 5.92 Å². The number of nitrogens with zero attached hydrogens (tertiary/aromatic N) is 1. The maximum absolute atomic E-state index is 12.1. The van der Waals surface area contributed by atoms with Crippen LogP contribution in [0.5, 0.6) is 0 Å². The van der Waals surface area contributed by atoms with Crippen molar-refractivity contribution in [2.45, 2.75) is 58.0 Å². The first-order valence-corrected chi connectivity index (χ1v) is 6.58. The molecule has 0 aromatic heterocycles. The number of amides is 1. The molecular weight excluding hydrogens is 262 g/mol. The zero-order chi connectivity index (χ0) is 15.0. The van der Waals surface area contributed by atoms with Crippen molar-refractivity contribution in [1.82, 2.24) is 4.90 Å². The van der Waals surface area contributed by atoms with Crippen molar-refractivity contribution in [3.05, 3.63) is 0 Å². The van der Waals surface area contributed by atoms with Crippen molar-refractivity contribution in [3.8, 4) is 11.8 Å². The molecule has 2 atom stereocenters. The highest BCUT2D eigenvalue weighted by Crippen LogP contribution is 2.35. The number of hydrogen-bond donors (Lipinski definition) is 0. The van der Waals surface area contributed by atoms with Crippen molar-refractivity contribution in [2.75, 3.05) is 6.54 Å². The number of hydrogen-bond acceptors (Lipinski definition) is 5. The van der Waals surface area contributed by atoms with Gasteiger partial charge in [-0.05, 0) is 27.7 Å². The zero-order valence-electron chi connectivity index (χ0n) is 12.2. The van der Waals surface area contributed by atoms with E-state index in [4.69, 9.17) is 14.2 Å². The summed E-state index contributed by atoms with van der Waals surface area (Å²) in [7, 11) is 0. The number of piperidine rings is 1. The van der Waals surface area contributed by atoms with Gasteiger partial charge in [0.1, 0.15) is 5.60 Å². The highest BCUT2D eigenvalue weighted by Gasteiger charge is 2.50. The lowest BCUT2D eigenvalue weighted by molar-refractivity contribution is -0.163. The monoisotopic (exact) mass is 281 g/mol. The molecule has 0 aromatic carbocycles. The molecule has 2 aliphatic heterocycles. The number of carbonyl (C=O) groups is 2. The minimum Gasteiger partial charge on any atom is -0.444 e. The molecule has 0 aliphatic carbocycles. The van der Waals surface area contributed by atoms with Crippen molar-refractivity contribution in [3.63, 3.8) is 0 Å². The molecule has 0 saturated carbocycles. The highest BCUT2D eigenvalue weighted by atomic mass is 16.8. The first kappa shape index (κ1) is 14.5. The molecule has 2 bridgehead atoms. The Labute approximate surface area is 118 Å². The van der Waals surface area contributed by atoms with Crippen LogP contribution >= 0.6 is 0 Å². The Balaban J connectivity index is 2.14. The van der Waals surface area contributed by atoms with Gasteiger partial charge in [0.25, 0.3) is 0 Å². The van der Waals surface area contributed by atoms with Gasteiger partial charge in [0, 0.05) is 13.0 Å². The van der Waals surface area contributed by atoms with Gasteiger partial charge in [-0.2, -0.15) is 0 Å². The van der Waals surface area contributed by atoms with Gasteiger partial charge in [-0.1, -0.05) is 5.92 Å². The Hall–Kier alpha value is -1.90. The molecule has 6 heteroatoms. The minimum absolute atomic E-state index is 0.346. The average molecular weight is 281 g/mol. The van der Waals surface area contributed by atoms with Crippen LogP contribution in [-0.2, 0) is 14.2 Å². The normalized spacial score (nSPS) is 28.7. The molecule has 2 fully saturated rings. The van der Waals surface area contributed by atoms with Gasteiger partial charge in [0.05, 0.1) is 6.42 Å². The molecule has 0 radical (unpaired) electrons. The maximum Gasteiger partial charge on any atom is 0.511 e. The second-order valence-electron chi connectivity index (χ2n) is 5.92. The number of ether oxygens (including phenoxy) is 3. The molecule has 0 spiro atoms. The summed E-state index contributed by atoms with van der Waals surface area (Å²) in [6, 6.07) is 0. The fraction of sp³-hybridized carbons (Fsp3) is 0.714. The van der Waals surface area contributed by atoms with Crippen LogP contribution in [0, 0.1) is 11.8 Å². The number of fused-ring (bicyclic) bond motifs is 2. The second kappa shape index (κ2) is 4.89. The van der Waals surface area contributed by atoms with Gasteiger partial charge in [0.15, 0.2) is 11.8 Å². The smallest absolute Gasteiger partial charge is 0.444 e. The maximum atomic E-state index is 12.1. The van der Waals surface area contributed by atoms with E-state index >= 15 is 0 Å². The van der Waals surface area contributed by atoms with E-state index in [0.29, 0.717) is 19.4 Å². The third kappa shape index (κ3) is 2.98. The van der Waals surface area contributed by atoms with Gasteiger partial charge in [-0.25, -0.2) is 9.59 Å². The summed E-state index contributed by atoms with van der Waals surface area (Å²) in [6.07, 6.45) is -1.16. The molecule has 110 valence electrons. The first-order chi connectivity index (χ1) is 9.25. The Morgan fingerprint density at radius 3 is 2.80 bits per heavy atom. The van der Waals surface area contributed by atoms with Crippen LogP contribution in [0.3, 0.4) is 0 Å². The molecule has 6 nitrogen and oxygen atoms in total. The summed E-state index contributed by atoms with van der Waals surface area (Å²) in [4.78, 5) is 25.1. The third-order valence-electron chi connectivity index (χ3n) is 3.10. The van der Waals surface area contributed by atoms with Crippen molar-refractivity contribution >= 4 is 12.2 Å². The third-order valence-corrected chi connectivity index (χ3v) is 3.10. The SMILES string of the molecule is CC#CC12CCN(C(=O)OC(C)(C)C)C(C1)OC(=O)O2. The van der Waals surface area contributed by atoms with E-state index in [1.54, 1.807) is 27.7 Å². The van der Waals surface area contributed by atoms with Gasteiger partial charge >= 0.3 is 12.2 Å². The summed E-state index contributed by atoms with van der Waals surface area (Å²) in [5, 5.41) is 0. The van der Waals surface area contributed by atoms with E-state index in [2.05, 4.69) is 11.8 Å². The van der Waals surface area contributed by atoms with Gasteiger partial charge in [0.2, 0.25) is 0 Å². The van der Waals surface area contributed by atoms with E-state index in [1.165, 1.54) is 4.90 Å². The first-order valence-electron chi connectivity index (χ1n) is 6.58. The standard InChI is InChI=1S/C14H19NO5/c1-5-6-14-7-8-15(11(16)19-13(2,3)4)10(9-14)18-12(17)20-14/h10H,7-9H2,1-4H3. The summed E-state index contributed by atoms with van der Waals surface area (Å²) >= 11 is 0. The summed E-state index contributed by atoms with van der Waals surface area (Å²) in [5.74, 6) is 5.68. The molecule has 1 amide bonds. The van der Waals surface area contributed by atoms with E-state index in [9.17, 15) is 9.59 Å². The van der Waals surface area contributed by atoms with Crippen molar-refractivity contribution < 1.29 is 23.8 Å². The van der Waals surface area contributed by atoms with Crippen LogP contribution in [0.4, 0.5) is 9.59 Å². The fourth-order valence-electron chi connectivity index (χ4n) is 2.33. The predicted molar refractivity (Wildman–Crippen MR) is 69.7 cm³/mol.